The molecular formula is C14H12BrFO4. The van der Waals surface area contributed by atoms with E-state index >= 15 is 0 Å². The number of carbonyl (C=O) groups excluding carboxylic acids is 1. The standard InChI is InChI=1S/C14H12BrFO4/c1-8-11(14(17)18-2)6-10(20-8)7-19-13-4-3-9(16)5-12(13)15/h3-6H,7H2,1-2H3. The first kappa shape index (κ1) is 14.6. The van der Waals surface area contributed by atoms with Gasteiger partial charge in [-0.25, -0.2) is 9.18 Å². The van der Waals surface area contributed by atoms with Crippen LogP contribution in [0.1, 0.15) is 21.9 Å². The van der Waals surface area contributed by atoms with E-state index in [1.165, 1.54) is 25.3 Å². The maximum Gasteiger partial charge on any atom is 0.341 e. The molecule has 0 fully saturated rings. The second-order valence-corrected chi connectivity index (χ2v) is 4.89. The molecule has 0 bridgehead atoms. The largest absolute Gasteiger partial charge is 0.484 e. The fourth-order valence-electron chi connectivity index (χ4n) is 1.67. The first-order chi connectivity index (χ1) is 9.51. The summed E-state index contributed by atoms with van der Waals surface area (Å²) >= 11 is 3.21. The zero-order chi connectivity index (χ0) is 14.7. The second kappa shape index (κ2) is 6.09. The Kier molecular flexibility index (Phi) is 4.44. The summed E-state index contributed by atoms with van der Waals surface area (Å²) in [6.45, 7) is 1.80. The van der Waals surface area contributed by atoms with Gasteiger partial charge in [-0.05, 0) is 47.1 Å². The topological polar surface area (TPSA) is 48.7 Å². The lowest BCUT2D eigenvalue weighted by Crippen LogP contribution is -2.00. The average molecular weight is 343 g/mol. The molecule has 6 heteroatoms. The summed E-state index contributed by atoms with van der Waals surface area (Å²) in [5.74, 6) is 0.624. The molecule has 1 aromatic carbocycles. The minimum Gasteiger partial charge on any atom is -0.484 e. The molecule has 0 saturated heterocycles. The Morgan fingerprint density at radius 1 is 1.40 bits per heavy atom. The van der Waals surface area contributed by atoms with Gasteiger partial charge in [0, 0.05) is 0 Å². The number of carbonyl (C=O) groups is 1. The summed E-state index contributed by atoms with van der Waals surface area (Å²) in [4.78, 5) is 11.4. The van der Waals surface area contributed by atoms with E-state index in [1.54, 1.807) is 13.0 Å². The lowest BCUT2D eigenvalue weighted by atomic mass is 10.2. The van der Waals surface area contributed by atoms with Crippen LogP contribution in [0, 0.1) is 12.7 Å². The summed E-state index contributed by atoms with van der Waals surface area (Å²) in [7, 11) is 1.31. The van der Waals surface area contributed by atoms with Crippen molar-refractivity contribution in [1.29, 1.82) is 0 Å². The predicted molar refractivity (Wildman–Crippen MR) is 73.2 cm³/mol. The number of esters is 1. The van der Waals surface area contributed by atoms with Crippen LogP contribution < -0.4 is 4.74 Å². The molecule has 0 atom stereocenters. The van der Waals surface area contributed by atoms with E-state index < -0.39 is 5.97 Å². The first-order valence-electron chi connectivity index (χ1n) is 5.76. The molecule has 0 spiro atoms. The fraction of sp³-hybridized carbons (Fsp3) is 0.214. The lowest BCUT2D eigenvalue weighted by Gasteiger charge is -2.06. The van der Waals surface area contributed by atoms with E-state index in [1.807, 2.05) is 0 Å². The Morgan fingerprint density at radius 2 is 2.15 bits per heavy atom. The van der Waals surface area contributed by atoms with Gasteiger partial charge in [0.05, 0.1) is 11.6 Å². The average Bonchev–Trinajstić information content (AvgIpc) is 2.78. The lowest BCUT2D eigenvalue weighted by molar-refractivity contribution is 0.0599. The summed E-state index contributed by atoms with van der Waals surface area (Å²) in [5.41, 5.74) is 0.365. The predicted octanol–water partition coefficient (Wildman–Crippen LogP) is 3.86. The minimum atomic E-state index is -0.458. The van der Waals surface area contributed by atoms with Crippen molar-refractivity contribution >= 4 is 21.9 Å². The number of benzene rings is 1. The Bertz CT molecular complexity index is 636. The Labute approximate surface area is 123 Å². The highest BCUT2D eigenvalue weighted by molar-refractivity contribution is 9.10. The SMILES string of the molecule is COC(=O)c1cc(COc2ccc(F)cc2Br)oc1C. The molecule has 20 heavy (non-hydrogen) atoms. The molecule has 106 valence electrons. The van der Waals surface area contributed by atoms with Crippen molar-refractivity contribution in [3.8, 4) is 5.75 Å². The van der Waals surface area contributed by atoms with Crippen molar-refractivity contribution in [2.75, 3.05) is 7.11 Å². The van der Waals surface area contributed by atoms with Crippen LogP contribution in [-0.2, 0) is 11.3 Å². The minimum absolute atomic E-state index is 0.127. The van der Waals surface area contributed by atoms with Gasteiger partial charge >= 0.3 is 5.97 Å². The molecule has 0 N–H and O–H groups in total. The van der Waals surface area contributed by atoms with Crippen molar-refractivity contribution in [2.45, 2.75) is 13.5 Å². The van der Waals surface area contributed by atoms with Crippen LogP contribution in [0.2, 0.25) is 0 Å². The third kappa shape index (κ3) is 3.19. The summed E-state index contributed by atoms with van der Waals surface area (Å²) < 4.78 is 29.0. The van der Waals surface area contributed by atoms with Gasteiger partial charge < -0.3 is 13.9 Å². The molecule has 2 rings (SSSR count). The molecule has 0 amide bonds. The quantitative estimate of drug-likeness (QED) is 0.791. The third-order valence-electron chi connectivity index (χ3n) is 2.64. The van der Waals surface area contributed by atoms with Gasteiger partial charge in [-0.1, -0.05) is 0 Å². The molecule has 4 nitrogen and oxygen atoms in total. The van der Waals surface area contributed by atoms with Crippen molar-refractivity contribution < 1.29 is 23.1 Å². The molecule has 0 saturated carbocycles. The highest BCUT2D eigenvalue weighted by Gasteiger charge is 2.15. The number of methoxy groups -OCH3 is 1. The van der Waals surface area contributed by atoms with Crippen LogP contribution in [0.3, 0.4) is 0 Å². The zero-order valence-electron chi connectivity index (χ0n) is 10.9. The normalized spacial score (nSPS) is 10.4. The molecule has 0 aliphatic carbocycles. The maximum atomic E-state index is 12.9. The van der Waals surface area contributed by atoms with Gasteiger partial charge in [-0.3, -0.25) is 0 Å². The van der Waals surface area contributed by atoms with Gasteiger partial charge in [0.2, 0.25) is 0 Å². The number of hydrogen-bond acceptors (Lipinski definition) is 4. The molecular weight excluding hydrogens is 331 g/mol. The van der Waals surface area contributed by atoms with Crippen LogP contribution in [0.4, 0.5) is 4.39 Å². The van der Waals surface area contributed by atoms with Crippen molar-refractivity contribution in [1.82, 2.24) is 0 Å². The van der Waals surface area contributed by atoms with E-state index in [0.29, 0.717) is 27.3 Å². The highest BCUT2D eigenvalue weighted by Crippen LogP contribution is 2.27. The fourth-order valence-corrected chi connectivity index (χ4v) is 2.13. The van der Waals surface area contributed by atoms with Crippen LogP contribution in [0.15, 0.2) is 33.2 Å². The number of rotatable bonds is 4. The number of halogens is 2. The van der Waals surface area contributed by atoms with Crippen LogP contribution in [-0.4, -0.2) is 13.1 Å². The van der Waals surface area contributed by atoms with E-state index in [2.05, 4.69) is 20.7 Å². The summed E-state index contributed by atoms with van der Waals surface area (Å²) in [6, 6.07) is 5.69. The van der Waals surface area contributed by atoms with E-state index in [0.717, 1.165) is 0 Å². The summed E-state index contributed by atoms with van der Waals surface area (Å²) in [5, 5.41) is 0. The van der Waals surface area contributed by atoms with Gasteiger partial charge in [-0.15, -0.1) is 0 Å². The maximum absolute atomic E-state index is 12.9. The first-order valence-corrected chi connectivity index (χ1v) is 6.56. The molecule has 1 heterocycles. The van der Waals surface area contributed by atoms with Gasteiger partial charge in [0.25, 0.3) is 0 Å². The zero-order valence-corrected chi connectivity index (χ0v) is 12.5. The van der Waals surface area contributed by atoms with E-state index in [4.69, 9.17) is 9.15 Å². The van der Waals surface area contributed by atoms with Gasteiger partial charge in [0.15, 0.2) is 0 Å². The van der Waals surface area contributed by atoms with Crippen molar-refractivity contribution in [3.05, 3.63) is 51.6 Å². The molecule has 0 radical (unpaired) electrons. The Hall–Kier alpha value is -1.82. The van der Waals surface area contributed by atoms with Crippen molar-refractivity contribution in [2.24, 2.45) is 0 Å². The van der Waals surface area contributed by atoms with Crippen LogP contribution in [0.5, 0.6) is 5.75 Å². The molecule has 0 aliphatic heterocycles. The molecule has 2 aromatic rings. The van der Waals surface area contributed by atoms with Crippen molar-refractivity contribution in [3.63, 3.8) is 0 Å². The summed E-state index contributed by atoms with van der Waals surface area (Å²) in [6.07, 6.45) is 0. The number of furan rings is 1. The number of hydrogen-bond donors (Lipinski definition) is 0. The number of ether oxygens (including phenoxy) is 2. The Morgan fingerprint density at radius 3 is 2.80 bits per heavy atom. The molecule has 1 aromatic heterocycles. The second-order valence-electron chi connectivity index (χ2n) is 4.04. The molecule has 0 unspecified atom stereocenters. The van der Waals surface area contributed by atoms with E-state index in [-0.39, 0.29) is 12.4 Å². The van der Waals surface area contributed by atoms with Crippen LogP contribution >= 0.6 is 15.9 Å². The van der Waals surface area contributed by atoms with E-state index in [9.17, 15) is 9.18 Å². The smallest absolute Gasteiger partial charge is 0.341 e. The van der Waals surface area contributed by atoms with Crippen LogP contribution in [0.25, 0.3) is 0 Å². The molecule has 0 aliphatic rings. The van der Waals surface area contributed by atoms with Gasteiger partial charge in [0.1, 0.15) is 35.3 Å². The Balaban J connectivity index is 2.09. The monoisotopic (exact) mass is 342 g/mol. The highest BCUT2D eigenvalue weighted by atomic mass is 79.9. The number of aryl methyl sites for hydroxylation is 1. The third-order valence-corrected chi connectivity index (χ3v) is 3.26. The van der Waals surface area contributed by atoms with Gasteiger partial charge in [-0.2, -0.15) is 0 Å².